The molecule has 2 aromatic rings. The molecule has 5 rings (SSSR count). The van der Waals surface area contributed by atoms with Crippen LogP contribution in [0.2, 0.25) is 0 Å². The summed E-state index contributed by atoms with van der Waals surface area (Å²) in [4.78, 5) is 0. The Kier molecular flexibility index (Phi) is 8.99. The molecule has 3 aliphatic carbocycles. The second-order valence-electron chi connectivity index (χ2n) is 12.4. The Hall–Kier alpha value is -0.760. The van der Waals surface area contributed by atoms with Crippen LogP contribution in [0, 0.1) is 0 Å². The van der Waals surface area contributed by atoms with Gasteiger partial charge in [-0.05, 0) is 0 Å². The Morgan fingerprint density at radius 2 is 1.46 bits per heavy atom. The maximum atomic E-state index is 2.53. The van der Waals surface area contributed by atoms with Crippen molar-refractivity contribution in [1.82, 2.24) is 0 Å². The van der Waals surface area contributed by atoms with Crippen LogP contribution < -0.4 is 28.1 Å². The van der Waals surface area contributed by atoms with Crippen molar-refractivity contribution in [3.05, 3.63) is 74.1 Å². The Bertz CT molecular complexity index is 1190. The molecule has 3 aliphatic rings. The van der Waals surface area contributed by atoms with Crippen molar-refractivity contribution in [1.29, 1.82) is 0 Å². The topological polar surface area (TPSA) is 0 Å². The van der Waals surface area contributed by atoms with Crippen LogP contribution in [0.15, 0.2) is 51.9 Å². The van der Waals surface area contributed by atoms with Gasteiger partial charge in [-0.1, -0.05) is 0 Å². The van der Waals surface area contributed by atoms with Gasteiger partial charge in [-0.3, -0.25) is 0 Å². The zero-order chi connectivity index (χ0) is 23.4. The molecular formula is C32H40Cl2Hf. The minimum atomic E-state index is -2.36. The molecule has 0 spiro atoms. The Morgan fingerprint density at radius 3 is 2.06 bits per heavy atom. The SMILES string of the molecule is CC(C)(C)c1ccc2c(c1)Cc1c-2ccc(C(C)(C)C)[c]1[Hf+2]([C]1=CC=CC1)=[C]1CCCCC1.[Cl-].[Cl-]. The molecule has 2 aromatic carbocycles. The van der Waals surface area contributed by atoms with E-state index in [2.05, 4.69) is 90.1 Å². The molecule has 0 aromatic heterocycles. The van der Waals surface area contributed by atoms with Crippen LogP contribution in [0.5, 0.6) is 0 Å². The molecule has 1 saturated carbocycles. The summed E-state index contributed by atoms with van der Waals surface area (Å²) in [5, 5.41) is 0. The summed E-state index contributed by atoms with van der Waals surface area (Å²) >= 11 is -2.36. The van der Waals surface area contributed by atoms with Crippen molar-refractivity contribution in [3.63, 3.8) is 0 Å². The molecular weight excluding hydrogens is 634 g/mol. The smallest absolute Gasteiger partial charge is 1.00 e. The molecule has 0 aliphatic heterocycles. The van der Waals surface area contributed by atoms with Crippen LogP contribution in [-0.4, -0.2) is 3.26 Å². The van der Waals surface area contributed by atoms with Gasteiger partial charge in [-0.2, -0.15) is 0 Å². The van der Waals surface area contributed by atoms with Gasteiger partial charge >= 0.3 is 210 Å². The molecule has 35 heavy (non-hydrogen) atoms. The van der Waals surface area contributed by atoms with Gasteiger partial charge in [0.05, 0.1) is 0 Å². The fourth-order valence-electron chi connectivity index (χ4n) is 6.08. The normalized spacial score (nSPS) is 16.5. The monoisotopic (exact) mass is 674 g/mol. The molecule has 1 fully saturated rings. The van der Waals surface area contributed by atoms with E-state index in [0.29, 0.717) is 0 Å². The molecule has 0 atom stereocenters. The molecule has 0 amide bonds. The van der Waals surface area contributed by atoms with Gasteiger partial charge in [0.25, 0.3) is 0 Å². The summed E-state index contributed by atoms with van der Waals surface area (Å²) in [6, 6.07) is 12.3. The predicted molar refractivity (Wildman–Crippen MR) is 142 cm³/mol. The van der Waals surface area contributed by atoms with Crippen LogP contribution >= 0.6 is 0 Å². The van der Waals surface area contributed by atoms with Crippen molar-refractivity contribution < 1.29 is 45.8 Å². The molecule has 0 unspecified atom stereocenters. The van der Waals surface area contributed by atoms with Gasteiger partial charge < -0.3 is 24.8 Å². The average molecular weight is 674 g/mol. The Morgan fingerprint density at radius 1 is 0.771 bits per heavy atom. The van der Waals surface area contributed by atoms with Gasteiger partial charge in [-0.25, -0.2) is 0 Å². The number of benzene rings is 2. The van der Waals surface area contributed by atoms with Crippen molar-refractivity contribution >= 4 is 6.58 Å². The van der Waals surface area contributed by atoms with Crippen LogP contribution in [0.3, 0.4) is 0 Å². The number of hydrogen-bond acceptors (Lipinski definition) is 0. The second kappa shape index (κ2) is 10.9. The fraction of sp³-hybridized carbons (Fsp3) is 0.469. The van der Waals surface area contributed by atoms with Crippen molar-refractivity contribution in [2.24, 2.45) is 0 Å². The number of rotatable bonds is 2. The fourth-order valence-corrected chi connectivity index (χ4v) is 19.8. The summed E-state index contributed by atoms with van der Waals surface area (Å²) in [5.74, 6) is 0. The summed E-state index contributed by atoms with van der Waals surface area (Å²) in [5.41, 5.74) is 9.81. The van der Waals surface area contributed by atoms with E-state index >= 15 is 0 Å². The van der Waals surface area contributed by atoms with E-state index in [9.17, 15) is 0 Å². The Balaban J connectivity index is 0.00000171. The first-order valence-electron chi connectivity index (χ1n) is 13.0. The number of halogens is 2. The number of fused-ring (bicyclic) bond motifs is 3. The van der Waals surface area contributed by atoms with E-state index in [0.717, 1.165) is 6.42 Å². The third-order valence-corrected chi connectivity index (χ3v) is 19.7. The summed E-state index contributed by atoms with van der Waals surface area (Å²) in [6.07, 6.45) is 16.7. The zero-order valence-electron chi connectivity index (χ0n) is 22.3. The first kappa shape index (κ1) is 28.8. The van der Waals surface area contributed by atoms with Crippen molar-refractivity contribution in [2.75, 3.05) is 0 Å². The molecule has 0 heterocycles. The van der Waals surface area contributed by atoms with E-state index in [1.807, 2.05) is 9.90 Å². The molecule has 0 nitrogen and oxygen atoms in total. The van der Waals surface area contributed by atoms with Crippen molar-refractivity contribution in [2.45, 2.75) is 97.3 Å². The molecule has 0 saturated heterocycles. The molecule has 0 radical (unpaired) electrons. The first-order valence-corrected chi connectivity index (χ1v) is 18.4. The molecule has 3 heteroatoms. The van der Waals surface area contributed by atoms with Gasteiger partial charge in [0.2, 0.25) is 0 Å². The van der Waals surface area contributed by atoms with Crippen molar-refractivity contribution in [3.8, 4) is 11.1 Å². The van der Waals surface area contributed by atoms with Crippen LogP contribution in [0.25, 0.3) is 11.1 Å². The van der Waals surface area contributed by atoms with E-state index in [1.54, 1.807) is 22.3 Å². The zero-order valence-corrected chi connectivity index (χ0v) is 27.4. The quantitative estimate of drug-likeness (QED) is 0.366. The van der Waals surface area contributed by atoms with E-state index in [1.165, 1.54) is 49.7 Å². The van der Waals surface area contributed by atoms with Gasteiger partial charge in [0.15, 0.2) is 0 Å². The Labute approximate surface area is 233 Å². The van der Waals surface area contributed by atoms with E-state index in [4.69, 9.17) is 0 Å². The average Bonchev–Trinajstić information content (AvgIpc) is 3.41. The predicted octanol–water partition coefficient (Wildman–Crippen LogP) is 2.08. The minimum absolute atomic E-state index is 0. The molecule has 186 valence electrons. The van der Waals surface area contributed by atoms with E-state index in [-0.39, 0.29) is 35.6 Å². The summed E-state index contributed by atoms with van der Waals surface area (Å²) < 4.78 is 5.71. The standard InChI is InChI=1S/C21H25.C6H10.C5H5.2ClH.Hf/c1-20(2,3)16-7-9-18-14(12-16)11-15-13-17(21(4,5)6)8-10-19(15)18;1-2-4-6-5-3-1;1-2-4-5-3-1;;;/h7-10,12H,11H2,1-6H3;1-5H2;1-3H,4H2;2*1H;/q;;;;;+2/p-2. The molecule has 0 N–H and O–H groups in total. The van der Waals surface area contributed by atoms with E-state index < -0.39 is 21.0 Å². The minimum Gasteiger partial charge on any atom is -1.00 e. The molecule has 0 bridgehead atoms. The van der Waals surface area contributed by atoms with Crippen LogP contribution in [-0.2, 0) is 38.2 Å². The number of hydrogen-bond donors (Lipinski definition) is 0. The second-order valence-corrected chi connectivity index (χ2v) is 21.8. The maximum Gasteiger partial charge on any atom is -1.00 e. The number of allylic oxidation sites excluding steroid dienone is 4. The summed E-state index contributed by atoms with van der Waals surface area (Å²) in [7, 11) is 0. The van der Waals surface area contributed by atoms with Crippen LogP contribution in [0.1, 0.15) is 102 Å². The third kappa shape index (κ3) is 5.58. The van der Waals surface area contributed by atoms with Gasteiger partial charge in [-0.15, -0.1) is 0 Å². The maximum absolute atomic E-state index is 2.53. The third-order valence-electron chi connectivity index (χ3n) is 7.90. The van der Waals surface area contributed by atoms with Gasteiger partial charge in [0, 0.05) is 0 Å². The van der Waals surface area contributed by atoms with Crippen LogP contribution in [0.4, 0.5) is 0 Å². The first-order chi connectivity index (χ1) is 15.6. The summed E-state index contributed by atoms with van der Waals surface area (Å²) in [6.45, 7) is 14.3. The largest absolute Gasteiger partial charge is 1.00 e. The van der Waals surface area contributed by atoms with Gasteiger partial charge in [0.1, 0.15) is 0 Å².